The normalized spacial score (nSPS) is 24.8. The van der Waals surface area contributed by atoms with Gasteiger partial charge in [0, 0.05) is 31.7 Å². The first-order chi connectivity index (χ1) is 9.16. The predicted octanol–water partition coefficient (Wildman–Crippen LogP) is 2.45. The molecule has 0 saturated carbocycles. The maximum atomic E-state index is 5.70. The van der Waals surface area contributed by atoms with Crippen LogP contribution in [0.4, 0.5) is 0 Å². The van der Waals surface area contributed by atoms with E-state index in [2.05, 4.69) is 61.3 Å². The van der Waals surface area contributed by atoms with E-state index in [-0.39, 0.29) is 0 Å². The van der Waals surface area contributed by atoms with Crippen LogP contribution in [0.3, 0.4) is 0 Å². The zero-order valence-corrected chi connectivity index (χ0v) is 12.3. The minimum absolute atomic E-state index is 0.315. The van der Waals surface area contributed by atoms with Gasteiger partial charge in [-0.05, 0) is 26.3 Å². The Labute approximate surface area is 116 Å². The van der Waals surface area contributed by atoms with E-state index >= 15 is 0 Å². The standard InChI is InChI=1S/C16H26N2O/c1-13(2)19-10-9-18-12-14(3)17-11-16(18)15-7-5-4-6-8-15/h4-8,13-14,16-17H,9-12H2,1-3H3. The minimum Gasteiger partial charge on any atom is -0.377 e. The smallest absolute Gasteiger partial charge is 0.0597 e. The Morgan fingerprint density at radius 2 is 2.05 bits per heavy atom. The molecule has 1 N–H and O–H groups in total. The van der Waals surface area contributed by atoms with E-state index in [0.717, 1.165) is 26.2 Å². The molecule has 2 rings (SSSR count). The van der Waals surface area contributed by atoms with Crippen molar-refractivity contribution < 1.29 is 4.74 Å². The van der Waals surface area contributed by atoms with Crippen molar-refractivity contribution >= 4 is 0 Å². The number of piperazine rings is 1. The molecule has 0 bridgehead atoms. The topological polar surface area (TPSA) is 24.5 Å². The van der Waals surface area contributed by atoms with Crippen LogP contribution in [0.2, 0.25) is 0 Å². The molecule has 19 heavy (non-hydrogen) atoms. The molecule has 0 aliphatic carbocycles. The molecule has 0 spiro atoms. The Hall–Kier alpha value is -0.900. The van der Waals surface area contributed by atoms with E-state index in [0.29, 0.717) is 18.2 Å². The third-order valence-electron chi connectivity index (χ3n) is 3.62. The van der Waals surface area contributed by atoms with Crippen molar-refractivity contribution in [1.82, 2.24) is 10.2 Å². The van der Waals surface area contributed by atoms with E-state index in [1.807, 2.05) is 0 Å². The maximum Gasteiger partial charge on any atom is 0.0597 e. The quantitative estimate of drug-likeness (QED) is 0.882. The van der Waals surface area contributed by atoms with E-state index in [4.69, 9.17) is 4.74 Å². The first-order valence-electron chi connectivity index (χ1n) is 7.31. The second-order valence-electron chi connectivity index (χ2n) is 5.65. The van der Waals surface area contributed by atoms with Gasteiger partial charge in [-0.1, -0.05) is 30.3 Å². The zero-order valence-electron chi connectivity index (χ0n) is 12.3. The lowest BCUT2D eigenvalue weighted by atomic mass is 10.0. The number of hydrogen-bond donors (Lipinski definition) is 1. The largest absolute Gasteiger partial charge is 0.377 e. The molecule has 1 fully saturated rings. The van der Waals surface area contributed by atoms with Crippen LogP contribution >= 0.6 is 0 Å². The summed E-state index contributed by atoms with van der Waals surface area (Å²) in [5.41, 5.74) is 1.39. The van der Waals surface area contributed by atoms with Crippen LogP contribution in [-0.4, -0.2) is 43.3 Å². The number of benzene rings is 1. The Balaban J connectivity index is 1.98. The molecule has 2 atom stereocenters. The van der Waals surface area contributed by atoms with Crippen LogP contribution in [0.1, 0.15) is 32.4 Å². The van der Waals surface area contributed by atoms with Gasteiger partial charge in [-0.15, -0.1) is 0 Å². The molecule has 1 saturated heterocycles. The molecular formula is C16H26N2O. The van der Waals surface area contributed by atoms with Gasteiger partial charge in [0.05, 0.1) is 12.7 Å². The van der Waals surface area contributed by atoms with Gasteiger partial charge < -0.3 is 10.1 Å². The van der Waals surface area contributed by atoms with Crippen molar-refractivity contribution in [3.05, 3.63) is 35.9 Å². The summed E-state index contributed by atoms with van der Waals surface area (Å²) in [6, 6.07) is 11.8. The molecule has 1 aromatic carbocycles. The van der Waals surface area contributed by atoms with E-state index in [9.17, 15) is 0 Å². The molecule has 3 heteroatoms. The van der Waals surface area contributed by atoms with Crippen LogP contribution in [-0.2, 0) is 4.74 Å². The van der Waals surface area contributed by atoms with Crippen molar-refractivity contribution in [3.8, 4) is 0 Å². The van der Waals surface area contributed by atoms with Crippen LogP contribution in [0.15, 0.2) is 30.3 Å². The lowest BCUT2D eigenvalue weighted by Crippen LogP contribution is -2.51. The van der Waals surface area contributed by atoms with Crippen molar-refractivity contribution in [1.29, 1.82) is 0 Å². The van der Waals surface area contributed by atoms with E-state index in [1.54, 1.807) is 0 Å². The first-order valence-corrected chi connectivity index (χ1v) is 7.31. The second kappa shape index (κ2) is 7.04. The third-order valence-corrected chi connectivity index (χ3v) is 3.62. The molecule has 0 amide bonds. The summed E-state index contributed by atoms with van der Waals surface area (Å²) < 4.78 is 5.70. The molecule has 2 unspecified atom stereocenters. The van der Waals surface area contributed by atoms with Gasteiger partial charge in [0.2, 0.25) is 0 Å². The summed E-state index contributed by atoms with van der Waals surface area (Å²) in [4.78, 5) is 2.54. The Kier molecular flexibility index (Phi) is 5.37. The molecule has 1 aliphatic heterocycles. The van der Waals surface area contributed by atoms with E-state index < -0.39 is 0 Å². The number of ether oxygens (including phenoxy) is 1. The van der Waals surface area contributed by atoms with Crippen LogP contribution < -0.4 is 5.32 Å². The predicted molar refractivity (Wildman–Crippen MR) is 79.3 cm³/mol. The van der Waals surface area contributed by atoms with Gasteiger partial charge in [0.15, 0.2) is 0 Å². The average Bonchev–Trinajstić information content (AvgIpc) is 2.39. The van der Waals surface area contributed by atoms with Crippen LogP contribution in [0.25, 0.3) is 0 Å². The Bertz CT molecular complexity index is 366. The zero-order chi connectivity index (χ0) is 13.7. The van der Waals surface area contributed by atoms with Gasteiger partial charge >= 0.3 is 0 Å². The Morgan fingerprint density at radius 1 is 1.32 bits per heavy atom. The van der Waals surface area contributed by atoms with Gasteiger partial charge in [0.25, 0.3) is 0 Å². The highest BCUT2D eigenvalue weighted by Gasteiger charge is 2.26. The number of rotatable bonds is 5. The summed E-state index contributed by atoms with van der Waals surface area (Å²) in [6.07, 6.45) is 0.315. The van der Waals surface area contributed by atoms with Crippen molar-refractivity contribution in [2.75, 3.05) is 26.2 Å². The molecular weight excluding hydrogens is 236 g/mol. The summed E-state index contributed by atoms with van der Waals surface area (Å²) in [5.74, 6) is 0. The molecule has 0 radical (unpaired) electrons. The summed E-state index contributed by atoms with van der Waals surface area (Å²) >= 11 is 0. The van der Waals surface area contributed by atoms with Crippen LogP contribution in [0.5, 0.6) is 0 Å². The highest BCUT2D eigenvalue weighted by Crippen LogP contribution is 2.23. The van der Waals surface area contributed by atoms with Crippen molar-refractivity contribution in [3.63, 3.8) is 0 Å². The fourth-order valence-electron chi connectivity index (χ4n) is 2.64. The highest BCUT2D eigenvalue weighted by molar-refractivity contribution is 5.20. The molecule has 1 aromatic rings. The number of nitrogens with zero attached hydrogens (tertiary/aromatic N) is 1. The summed E-state index contributed by atoms with van der Waals surface area (Å²) in [5, 5.41) is 3.58. The highest BCUT2D eigenvalue weighted by atomic mass is 16.5. The minimum atomic E-state index is 0.315. The first kappa shape index (κ1) is 14.5. The van der Waals surface area contributed by atoms with Gasteiger partial charge in [-0.25, -0.2) is 0 Å². The summed E-state index contributed by atoms with van der Waals surface area (Å²) in [7, 11) is 0. The Morgan fingerprint density at radius 3 is 2.74 bits per heavy atom. The molecule has 0 aromatic heterocycles. The summed E-state index contributed by atoms with van der Waals surface area (Å²) in [6.45, 7) is 10.4. The lowest BCUT2D eigenvalue weighted by Gasteiger charge is -2.39. The van der Waals surface area contributed by atoms with Crippen molar-refractivity contribution in [2.24, 2.45) is 0 Å². The van der Waals surface area contributed by atoms with Crippen LogP contribution in [0, 0.1) is 0 Å². The van der Waals surface area contributed by atoms with Gasteiger partial charge in [-0.2, -0.15) is 0 Å². The third kappa shape index (κ3) is 4.30. The van der Waals surface area contributed by atoms with Gasteiger partial charge in [-0.3, -0.25) is 4.90 Å². The maximum absolute atomic E-state index is 5.70. The molecule has 106 valence electrons. The molecule has 1 heterocycles. The number of nitrogens with one attached hydrogen (secondary N) is 1. The number of hydrogen-bond acceptors (Lipinski definition) is 3. The fraction of sp³-hybridized carbons (Fsp3) is 0.625. The van der Waals surface area contributed by atoms with Gasteiger partial charge in [0.1, 0.15) is 0 Å². The molecule has 1 aliphatic rings. The van der Waals surface area contributed by atoms with E-state index in [1.165, 1.54) is 5.56 Å². The van der Waals surface area contributed by atoms with Crippen molar-refractivity contribution in [2.45, 2.75) is 39.0 Å². The fourth-order valence-corrected chi connectivity index (χ4v) is 2.64. The molecule has 3 nitrogen and oxygen atoms in total. The average molecular weight is 262 g/mol. The lowest BCUT2D eigenvalue weighted by molar-refractivity contribution is 0.0375. The SMILES string of the molecule is CC1CN(CCOC(C)C)C(c2ccccc2)CN1. The monoisotopic (exact) mass is 262 g/mol. The second-order valence-corrected chi connectivity index (χ2v) is 5.65.